The van der Waals surface area contributed by atoms with Crippen LogP contribution < -0.4 is 9.80 Å². The van der Waals surface area contributed by atoms with Gasteiger partial charge in [-0.3, -0.25) is 4.57 Å². The number of nitrogens with zero attached hydrogens (tertiary/aromatic N) is 6. The second kappa shape index (κ2) is 20.0. The monoisotopic (exact) mass is 1030 g/mol. The minimum atomic E-state index is -0.225. The van der Waals surface area contributed by atoms with Crippen LogP contribution >= 0.6 is 0 Å². The molecular formula is C73H66N6. The topological polar surface area (TPSA) is 50.1 Å². The first-order valence-corrected chi connectivity index (χ1v) is 27.5. The lowest BCUT2D eigenvalue weighted by molar-refractivity contribution is 0.589. The molecule has 0 radical (unpaired) electrons. The zero-order valence-corrected chi connectivity index (χ0v) is 46.7. The van der Waals surface area contributed by atoms with Crippen molar-refractivity contribution in [1.82, 2.24) is 19.5 Å². The van der Waals surface area contributed by atoms with E-state index in [9.17, 15) is 0 Å². The molecule has 0 aliphatic carbocycles. The Balaban J connectivity index is 1.10. The number of aromatic nitrogens is 4. The fourth-order valence-corrected chi connectivity index (χ4v) is 11.0. The molecule has 0 saturated heterocycles. The van der Waals surface area contributed by atoms with Crippen LogP contribution in [-0.4, -0.2) is 19.5 Å². The lowest BCUT2D eigenvalue weighted by Gasteiger charge is -2.35. The van der Waals surface area contributed by atoms with Crippen LogP contribution in [0.25, 0.3) is 72.4 Å². The Hall–Kier alpha value is -9.13. The first-order valence-electron chi connectivity index (χ1n) is 27.5. The Morgan fingerprint density at radius 1 is 0.329 bits per heavy atom. The Morgan fingerprint density at radius 2 is 0.747 bits per heavy atom. The van der Waals surface area contributed by atoms with Crippen molar-refractivity contribution in [2.24, 2.45) is 0 Å². The summed E-state index contributed by atoms with van der Waals surface area (Å²) in [6.45, 7) is 20.6. The van der Waals surface area contributed by atoms with Gasteiger partial charge in [0.05, 0.1) is 22.4 Å². The third-order valence-electron chi connectivity index (χ3n) is 15.3. The fourth-order valence-electron chi connectivity index (χ4n) is 11.0. The minimum Gasteiger partial charge on any atom is -0.310 e. The largest absolute Gasteiger partial charge is 0.310 e. The van der Waals surface area contributed by atoms with Gasteiger partial charge in [-0.15, -0.1) is 0 Å². The van der Waals surface area contributed by atoms with Gasteiger partial charge in [-0.25, -0.2) is 4.98 Å². The van der Waals surface area contributed by atoms with E-state index >= 15 is 0 Å². The summed E-state index contributed by atoms with van der Waals surface area (Å²) in [4.78, 5) is 21.0. The SMILES string of the molecule is CC(C)(C)c1ccc(N(c2ccccc2)c2cc(C(C)(C)C)cc(N(c3ccc(-c4nc(-c5cccc6ccccc56)nc(-n5c6ccccc6c6ccccc65)n4)cc3)c3ccc(C(C)(C)C)cc3)c2-c2ccccc2)cc1. The highest BCUT2D eigenvalue weighted by atomic mass is 15.2. The van der Waals surface area contributed by atoms with Crippen molar-refractivity contribution in [3.05, 3.63) is 253 Å². The van der Waals surface area contributed by atoms with E-state index in [1.165, 1.54) is 16.7 Å². The van der Waals surface area contributed by atoms with E-state index in [1.807, 2.05) is 0 Å². The van der Waals surface area contributed by atoms with Crippen LogP contribution in [0.5, 0.6) is 0 Å². The molecule has 12 rings (SSSR count). The molecule has 0 N–H and O–H groups in total. The molecule has 0 aliphatic rings. The number of hydrogen-bond acceptors (Lipinski definition) is 5. The molecule has 10 aromatic carbocycles. The molecule has 0 aliphatic heterocycles. The lowest BCUT2D eigenvalue weighted by atomic mass is 9.83. The first kappa shape index (κ1) is 50.7. The molecule has 0 atom stereocenters. The number of rotatable bonds is 10. The van der Waals surface area contributed by atoms with Gasteiger partial charge in [-0.2, -0.15) is 9.97 Å². The fraction of sp³-hybridized carbons (Fsp3) is 0.164. The van der Waals surface area contributed by atoms with Gasteiger partial charge in [0.25, 0.3) is 0 Å². The van der Waals surface area contributed by atoms with E-state index in [-0.39, 0.29) is 16.2 Å². The van der Waals surface area contributed by atoms with Crippen LogP contribution in [0.4, 0.5) is 34.1 Å². The second-order valence-electron chi connectivity index (χ2n) is 23.8. The summed E-state index contributed by atoms with van der Waals surface area (Å²) in [6, 6.07) is 85.5. The van der Waals surface area contributed by atoms with E-state index in [0.29, 0.717) is 17.6 Å². The maximum Gasteiger partial charge on any atom is 0.238 e. The maximum absolute atomic E-state index is 5.40. The van der Waals surface area contributed by atoms with Crippen molar-refractivity contribution in [2.75, 3.05) is 9.80 Å². The van der Waals surface area contributed by atoms with Gasteiger partial charge >= 0.3 is 0 Å². The Bertz CT molecular complexity index is 4100. The highest BCUT2D eigenvalue weighted by Crippen LogP contribution is 2.51. The zero-order chi connectivity index (χ0) is 54.6. The van der Waals surface area contributed by atoms with Crippen molar-refractivity contribution in [3.8, 4) is 39.9 Å². The average Bonchev–Trinajstić information content (AvgIpc) is 3.97. The summed E-state index contributed by atoms with van der Waals surface area (Å²) in [7, 11) is 0. The number of para-hydroxylation sites is 3. The van der Waals surface area contributed by atoms with E-state index in [4.69, 9.17) is 15.0 Å². The van der Waals surface area contributed by atoms with Crippen molar-refractivity contribution in [3.63, 3.8) is 0 Å². The van der Waals surface area contributed by atoms with E-state index in [1.54, 1.807) is 0 Å². The minimum absolute atomic E-state index is 0.000452. The number of hydrogen-bond donors (Lipinski definition) is 0. The molecule has 388 valence electrons. The first-order chi connectivity index (χ1) is 38.1. The van der Waals surface area contributed by atoms with Crippen molar-refractivity contribution < 1.29 is 0 Å². The normalized spacial score (nSPS) is 12.1. The molecule has 2 heterocycles. The van der Waals surface area contributed by atoms with Crippen molar-refractivity contribution in [2.45, 2.75) is 78.6 Å². The van der Waals surface area contributed by atoms with Crippen LogP contribution in [0.15, 0.2) is 237 Å². The summed E-state index contributed by atoms with van der Waals surface area (Å²) in [5.41, 5.74) is 15.9. The van der Waals surface area contributed by atoms with Crippen LogP contribution in [0, 0.1) is 0 Å². The standard InChI is InChI=1S/C73H66N6/c1-71(2,3)52-37-43-57(44-38-52)77(55-27-14-11-15-28-55)65-47-54(73(7,8)9)48-66(67(65)50-24-12-10-13-25-50)78(58-45-39-53(40-46-58)72(4,5)6)56-41-35-51(36-42-56)68-74-69(62-32-22-26-49-23-16-17-29-59(49)62)76-70(75-68)79-63-33-20-18-30-60(63)61-31-19-21-34-64(61)79/h10-48H,1-9H3. The second-order valence-corrected chi connectivity index (χ2v) is 23.8. The van der Waals surface area contributed by atoms with Crippen LogP contribution in [0.1, 0.15) is 79.0 Å². The van der Waals surface area contributed by atoms with Gasteiger partial charge in [0, 0.05) is 50.2 Å². The Morgan fingerprint density at radius 3 is 1.27 bits per heavy atom. The lowest BCUT2D eigenvalue weighted by Crippen LogP contribution is -2.20. The highest BCUT2D eigenvalue weighted by molar-refractivity contribution is 6.09. The average molecular weight is 1030 g/mol. The molecule has 0 unspecified atom stereocenters. The molecule has 0 spiro atoms. The molecule has 0 fully saturated rings. The zero-order valence-electron chi connectivity index (χ0n) is 46.7. The van der Waals surface area contributed by atoms with Crippen molar-refractivity contribution >= 4 is 66.7 Å². The van der Waals surface area contributed by atoms with Crippen LogP contribution in [-0.2, 0) is 16.2 Å². The van der Waals surface area contributed by atoms with E-state index < -0.39 is 0 Å². The maximum atomic E-state index is 5.40. The number of anilines is 6. The van der Waals surface area contributed by atoms with Gasteiger partial charge < -0.3 is 9.80 Å². The summed E-state index contributed by atoms with van der Waals surface area (Å²) in [5.74, 6) is 1.75. The molecule has 6 nitrogen and oxygen atoms in total. The number of benzene rings is 10. The smallest absolute Gasteiger partial charge is 0.238 e. The predicted octanol–water partition coefficient (Wildman–Crippen LogP) is 20.0. The molecule has 6 heteroatoms. The summed E-state index contributed by atoms with van der Waals surface area (Å²) >= 11 is 0. The highest BCUT2D eigenvalue weighted by Gasteiger charge is 2.29. The van der Waals surface area contributed by atoms with Gasteiger partial charge in [0.1, 0.15) is 0 Å². The van der Waals surface area contributed by atoms with Gasteiger partial charge in [-0.05, 0) is 134 Å². The van der Waals surface area contributed by atoms with E-state index in [2.05, 4.69) is 313 Å². The Kier molecular flexibility index (Phi) is 12.8. The number of fused-ring (bicyclic) bond motifs is 4. The molecule has 0 amide bonds. The Labute approximate surface area is 465 Å². The third-order valence-corrected chi connectivity index (χ3v) is 15.3. The molecule has 79 heavy (non-hydrogen) atoms. The van der Waals surface area contributed by atoms with Gasteiger partial charge in [-0.1, -0.05) is 214 Å². The summed E-state index contributed by atoms with van der Waals surface area (Å²) < 4.78 is 2.18. The predicted molar refractivity (Wildman–Crippen MR) is 333 cm³/mol. The van der Waals surface area contributed by atoms with Crippen LogP contribution in [0.3, 0.4) is 0 Å². The molecule has 12 aromatic rings. The molecule has 0 saturated carbocycles. The van der Waals surface area contributed by atoms with E-state index in [0.717, 1.165) is 89.0 Å². The summed E-state index contributed by atoms with van der Waals surface area (Å²) in [5, 5.41) is 4.49. The molecule has 0 bridgehead atoms. The van der Waals surface area contributed by atoms with Crippen molar-refractivity contribution in [1.29, 1.82) is 0 Å². The molecular weight excluding hydrogens is 961 g/mol. The molecule has 2 aromatic heterocycles. The third kappa shape index (κ3) is 9.73. The quantitative estimate of drug-likeness (QED) is 0.137. The van der Waals surface area contributed by atoms with Crippen LogP contribution in [0.2, 0.25) is 0 Å². The summed E-state index contributed by atoms with van der Waals surface area (Å²) in [6.07, 6.45) is 0. The van der Waals surface area contributed by atoms with Gasteiger partial charge in [0.15, 0.2) is 11.6 Å². The van der Waals surface area contributed by atoms with Gasteiger partial charge in [0.2, 0.25) is 5.95 Å².